The van der Waals surface area contributed by atoms with Crippen molar-refractivity contribution in [2.24, 2.45) is 0 Å². The number of pyridine rings is 1. The van der Waals surface area contributed by atoms with E-state index in [1.807, 2.05) is 0 Å². The predicted molar refractivity (Wildman–Crippen MR) is 115 cm³/mol. The van der Waals surface area contributed by atoms with Gasteiger partial charge in [0.2, 0.25) is 0 Å². The molecular weight excluding hydrogens is 394 g/mol. The predicted octanol–water partition coefficient (Wildman–Crippen LogP) is 6.31. The Morgan fingerprint density at radius 2 is 1.19 bits per heavy atom. The summed E-state index contributed by atoms with van der Waals surface area (Å²) in [6.45, 7) is 0.941. The minimum absolute atomic E-state index is 0.941. The molecule has 0 unspecified atom stereocenters. The van der Waals surface area contributed by atoms with Crippen molar-refractivity contribution in [3.8, 4) is 22.3 Å². The van der Waals surface area contributed by atoms with Crippen LogP contribution in [-0.2, 0) is 13.0 Å². The lowest BCUT2D eigenvalue weighted by Crippen LogP contribution is -2.34. The van der Waals surface area contributed by atoms with E-state index in [1.165, 1.54) is 27.8 Å². The van der Waals surface area contributed by atoms with Gasteiger partial charge in [-0.3, -0.25) is 0 Å². The number of hydrogen-bond donors (Lipinski definition) is 0. The molecule has 0 fully saturated rings. The Morgan fingerprint density at radius 3 is 1.74 bits per heavy atom. The van der Waals surface area contributed by atoms with E-state index in [-0.39, 0.29) is 0 Å². The molecule has 132 valence electrons. The molecule has 4 aromatic rings. The SMILES string of the molecule is Brc1cccc(CC[n+]2cc(-c3ccccc3)cc(-c3ccccc3)c2)c1. The van der Waals surface area contributed by atoms with Gasteiger partial charge >= 0.3 is 0 Å². The van der Waals surface area contributed by atoms with E-state index in [9.17, 15) is 0 Å². The van der Waals surface area contributed by atoms with Gasteiger partial charge in [0.05, 0.1) is 0 Å². The molecule has 1 aromatic heterocycles. The monoisotopic (exact) mass is 414 g/mol. The standard InChI is InChI=1S/C25H21BrN/c26-25-13-7-8-20(16-25)14-15-27-18-23(21-9-3-1-4-10-21)17-24(19-27)22-11-5-2-6-12-22/h1-13,16-19H,14-15H2/q+1. The molecule has 1 heterocycles. The number of aryl methyl sites for hydroxylation is 2. The van der Waals surface area contributed by atoms with Crippen LogP contribution in [0.2, 0.25) is 0 Å². The largest absolute Gasteiger partial charge is 0.204 e. The minimum Gasteiger partial charge on any atom is -0.204 e. The van der Waals surface area contributed by atoms with Crippen LogP contribution in [0, 0.1) is 0 Å². The Bertz CT molecular complexity index is 969. The van der Waals surface area contributed by atoms with E-state index in [0.717, 1.165) is 17.4 Å². The first-order valence-corrected chi connectivity index (χ1v) is 9.97. The Balaban J connectivity index is 1.69. The Labute approximate surface area is 169 Å². The molecule has 0 aliphatic rings. The van der Waals surface area contributed by atoms with Crippen LogP contribution in [0.5, 0.6) is 0 Å². The van der Waals surface area contributed by atoms with Crippen molar-refractivity contribution in [3.05, 3.63) is 113 Å². The third-order valence-corrected chi connectivity index (χ3v) is 5.18. The van der Waals surface area contributed by atoms with Crippen molar-refractivity contribution >= 4 is 15.9 Å². The van der Waals surface area contributed by atoms with Crippen LogP contribution in [0.4, 0.5) is 0 Å². The van der Waals surface area contributed by atoms with Gasteiger partial charge in [-0.25, -0.2) is 4.57 Å². The van der Waals surface area contributed by atoms with E-state index in [2.05, 4.69) is 124 Å². The zero-order valence-corrected chi connectivity index (χ0v) is 16.6. The first-order valence-electron chi connectivity index (χ1n) is 9.17. The molecule has 4 rings (SSSR count). The van der Waals surface area contributed by atoms with Crippen LogP contribution >= 0.6 is 15.9 Å². The molecule has 0 amide bonds. The second kappa shape index (κ2) is 8.32. The van der Waals surface area contributed by atoms with Gasteiger partial charge in [-0.05, 0) is 34.9 Å². The van der Waals surface area contributed by atoms with Gasteiger partial charge in [0.25, 0.3) is 0 Å². The van der Waals surface area contributed by atoms with Crippen LogP contribution in [-0.4, -0.2) is 0 Å². The van der Waals surface area contributed by atoms with Crippen LogP contribution in [0.15, 0.2) is 108 Å². The highest BCUT2D eigenvalue weighted by atomic mass is 79.9. The fraction of sp³-hybridized carbons (Fsp3) is 0.0800. The highest BCUT2D eigenvalue weighted by Gasteiger charge is 2.11. The quantitative estimate of drug-likeness (QED) is 0.336. The average molecular weight is 415 g/mol. The molecule has 0 aliphatic carbocycles. The molecule has 0 bridgehead atoms. The summed E-state index contributed by atoms with van der Waals surface area (Å²) in [5, 5.41) is 0. The van der Waals surface area contributed by atoms with Gasteiger partial charge in [-0.2, -0.15) is 0 Å². The van der Waals surface area contributed by atoms with Gasteiger partial charge in [0.1, 0.15) is 0 Å². The minimum atomic E-state index is 0.941. The van der Waals surface area contributed by atoms with Gasteiger partial charge in [-0.15, -0.1) is 0 Å². The lowest BCUT2D eigenvalue weighted by molar-refractivity contribution is -0.695. The number of hydrogen-bond acceptors (Lipinski definition) is 0. The van der Waals surface area contributed by atoms with Gasteiger partial charge in [0.15, 0.2) is 18.9 Å². The van der Waals surface area contributed by atoms with Crippen molar-refractivity contribution in [3.63, 3.8) is 0 Å². The second-order valence-corrected chi connectivity index (χ2v) is 7.58. The maximum absolute atomic E-state index is 3.57. The van der Waals surface area contributed by atoms with Gasteiger partial charge < -0.3 is 0 Å². The fourth-order valence-corrected chi connectivity index (χ4v) is 3.74. The molecule has 27 heavy (non-hydrogen) atoms. The number of aromatic nitrogens is 1. The summed E-state index contributed by atoms with van der Waals surface area (Å²) in [6.07, 6.45) is 5.50. The molecule has 0 saturated heterocycles. The number of nitrogens with zero attached hydrogens (tertiary/aromatic N) is 1. The summed E-state index contributed by atoms with van der Waals surface area (Å²) in [4.78, 5) is 0. The van der Waals surface area contributed by atoms with Gasteiger partial charge in [0, 0.05) is 22.0 Å². The maximum Gasteiger partial charge on any atom is 0.176 e. The summed E-state index contributed by atoms with van der Waals surface area (Å²) in [5.74, 6) is 0. The molecule has 3 aromatic carbocycles. The molecule has 0 spiro atoms. The third kappa shape index (κ3) is 4.53. The molecule has 0 aliphatic heterocycles. The van der Waals surface area contributed by atoms with Gasteiger partial charge in [-0.1, -0.05) is 88.7 Å². The number of rotatable bonds is 5. The van der Waals surface area contributed by atoms with Crippen LogP contribution in [0.1, 0.15) is 5.56 Å². The lowest BCUT2D eigenvalue weighted by Gasteiger charge is -2.07. The van der Waals surface area contributed by atoms with Crippen molar-refractivity contribution in [2.45, 2.75) is 13.0 Å². The van der Waals surface area contributed by atoms with Crippen LogP contribution in [0.3, 0.4) is 0 Å². The Kier molecular flexibility index (Phi) is 5.45. The van der Waals surface area contributed by atoms with E-state index in [4.69, 9.17) is 0 Å². The van der Waals surface area contributed by atoms with Crippen molar-refractivity contribution < 1.29 is 4.57 Å². The van der Waals surface area contributed by atoms with Crippen molar-refractivity contribution in [2.75, 3.05) is 0 Å². The molecule has 0 radical (unpaired) electrons. The van der Waals surface area contributed by atoms with Crippen LogP contribution in [0.25, 0.3) is 22.3 Å². The molecule has 0 atom stereocenters. The fourth-order valence-electron chi connectivity index (χ4n) is 3.29. The van der Waals surface area contributed by atoms with Crippen molar-refractivity contribution in [1.82, 2.24) is 0 Å². The van der Waals surface area contributed by atoms with Crippen molar-refractivity contribution in [1.29, 1.82) is 0 Å². The first-order chi connectivity index (χ1) is 13.3. The second-order valence-electron chi connectivity index (χ2n) is 6.66. The smallest absolute Gasteiger partial charge is 0.176 e. The molecule has 0 N–H and O–H groups in total. The highest BCUT2D eigenvalue weighted by molar-refractivity contribution is 9.10. The zero-order valence-electron chi connectivity index (χ0n) is 15.1. The Morgan fingerprint density at radius 1 is 0.593 bits per heavy atom. The maximum atomic E-state index is 3.57. The summed E-state index contributed by atoms with van der Waals surface area (Å²) < 4.78 is 3.44. The molecule has 2 heteroatoms. The summed E-state index contributed by atoms with van der Waals surface area (Å²) >= 11 is 3.57. The van der Waals surface area contributed by atoms with E-state index in [0.29, 0.717) is 0 Å². The first kappa shape index (κ1) is 17.7. The summed E-state index contributed by atoms with van der Waals surface area (Å²) in [6, 6.07) is 32.0. The Hall–Kier alpha value is -2.71. The molecule has 1 nitrogen and oxygen atoms in total. The number of halogens is 1. The zero-order chi connectivity index (χ0) is 18.5. The van der Waals surface area contributed by atoms with E-state index in [1.54, 1.807) is 0 Å². The molecular formula is C25H21BrN+. The highest BCUT2D eigenvalue weighted by Crippen LogP contribution is 2.24. The average Bonchev–Trinajstić information content (AvgIpc) is 2.73. The van der Waals surface area contributed by atoms with E-state index >= 15 is 0 Å². The summed E-state index contributed by atoms with van der Waals surface area (Å²) in [7, 11) is 0. The van der Waals surface area contributed by atoms with E-state index < -0.39 is 0 Å². The number of benzene rings is 3. The normalized spacial score (nSPS) is 10.7. The van der Waals surface area contributed by atoms with Crippen LogP contribution < -0.4 is 4.57 Å². The topological polar surface area (TPSA) is 3.88 Å². The third-order valence-electron chi connectivity index (χ3n) is 4.68. The molecule has 0 saturated carbocycles. The summed E-state index contributed by atoms with van der Waals surface area (Å²) in [5.41, 5.74) is 6.30. The lowest BCUT2D eigenvalue weighted by atomic mass is 10.0.